The Morgan fingerprint density at radius 2 is 2.06 bits per heavy atom. The number of hydrogen-bond donors (Lipinski definition) is 1. The number of amides is 1. The molecule has 3 heteroatoms. The van der Waals surface area contributed by atoms with Crippen LogP contribution in [0, 0.1) is 11.3 Å². The van der Waals surface area contributed by atoms with Crippen molar-refractivity contribution in [2.45, 2.75) is 58.6 Å². The normalized spacial score (nSPS) is 39.1. The van der Waals surface area contributed by atoms with Crippen molar-refractivity contribution >= 4 is 5.91 Å². The summed E-state index contributed by atoms with van der Waals surface area (Å²) in [6, 6.07) is 0.350. The van der Waals surface area contributed by atoms with Gasteiger partial charge in [-0.1, -0.05) is 20.8 Å². The standard InChI is InChI=1S/C13H23NO2/c1-9-4-10(7-13(2,3)6-9)14-8-11(15)5-12(14)16/h9-11,15H,4-8H2,1-3H3. The van der Waals surface area contributed by atoms with Gasteiger partial charge in [0, 0.05) is 12.6 Å². The van der Waals surface area contributed by atoms with E-state index in [0.29, 0.717) is 30.3 Å². The summed E-state index contributed by atoms with van der Waals surface area (Å²) in [6.07, 6.45) is 3.31. The first-order valence-corrected chi connectivity index (χ1v) is 6.35. The number of nitrogens with zero attached hydrogens (tertiary/aromatic N) is 1. The van der Waals surface area contributed by atoms with Gasteiger partial charge in [-0.15, -0.1) is 0 Å². The van der Waals surface area contributed by atoms with Gasteiger partial charge in [0.05, 0.1) is 12.5 Å². The highest BCUT2D eigenvalue weighted by Gasteiger charge is 2.39. The summed E-state index contributed by atoms with van der Waals surface area (Å²) in [5.74, 6) is 0.821. The maximum Gasteiger partial charge on any atom is 0.225 e. The third-order valence-electron chi connectivity index (χ3n) is 3.94. The van der Waals surface area contributed by atoms with Crippen LogP contribution in [-0.4, -0.2) is 34.6 Å². The van der Waals surface area contributed by atoms with E-state index < -0.39 is 6.10 Å². The Bertz CT molecular complexity index is 288. The minimum atomic E-state index is -0.437. The highest BCUT2D eigenvalue weighted by atomic mass is 16.3. The molecule has 2 rings (SSSR count). The number of hydrogen-bond acceptors (Lipinski definition) is 2. The number of aliphatic hydroxyl groups excluding tert-OH is 1. The van der Waals surface area contributed by atoms with Crippen LogP contribution in [0.4, 0.5) is 0 Å². The van der Waals surface area contributed by atoms with Crippen LogP contribution in [0.3, 0.4) is 0 Å². The molecule has 1 aliphatic heterocycles. The Morgan fingerprint density at radius 1 is 1.38 bits per heavy atom. The van der Waals surface area contributed by atoms with E-state index in [2.05, 4.69) is 20.8 Å². The molecule has 1 heterocycles. The maximum atomic E-state index is 11.8. The summed E-state index contributed by atoms with van der Waals surface area (Å²) >= 11 is 0. The molecule has 0 aromatic heterocycles. The highest BCUT2D eigenvalue weighted by Crippen LogP contribution is 2.41. The molecule has 1 saturated heterocycles. The Balaban J connectivity index is 2.06. The highest BCUT2D eigenvalue weighted by molar-refractivity contribution is 5.79. The second-order valence-electron chi connectivity index (χ2n) is 6.47. The molecule has 0 spiro atoms. The number of likely N-dealkylation sites (tertiary alicyclic amines) is 1. The first-order valence-electron chi connectivity index (χ1n) is 6.35. The van der Waals surface area contributed by atoms with E-state index in [0.717, 1.165) is 12.8 Å². The van der Waals surface area contributed by atoms with Gasteiger partial charge in [0.2, 0.25) is 5.91 Å². The van der Waals surface area contributed by atoms with Gasteiger partial charge in [-0.3, -0.25) is 4.79 Å². The van der Waals surface area contributed by atoms with E-state index in [1.807, 2.05) is 4.90 Å². The minimum Gasteiger partial charge on any atom is -0.391 e. The lowest BCUT2D eigenvalue weighted by Gasteiger charge is -2.42. The molecule has 1 aliphatic carbocycles. The minimum absolute atomic E-state index is 0.141. The van der Waals surface area contributed by atoms with Gasteiger partial charge < -0.3 is 10.0 Å². The first kappa shape index (κ1) is 11.9. The van der Waals surface area contributed by atoms with Gasteiger partial charge in [-0.25, -0.2) is 0 Å². The van der Waals surface area contributed by atoms with E-state index in [-0.39, 0.29) is 5.91 Å². The van der Waals surface area contributed by atoms with Crippen molar-refractivity contribution in [3.63, 3.8) is 0 Å². The van der Waals surface area contributed by atoms with Crippen LogP contribution in [-0.2, 0) is 4.79 Å². The van der Waals surface area contributed by atoms with Crippen molar-refractivity contribution in [2.24, 2.45) is 11.3 Å². The molecule has 3 nitrogen and oxygen atoms in total. The third-order valence-corrected chi connectivity index (χ3v) is 3.94. The van der Waals surface area contributed by atoms with Crippen molar-refractivity contribution in [3.05, 3.63) is 0 Å². The van der Waals surface area contributed by atoms with E-state index in [9.17, 15) is 9.90 Å². The SMILES string of the molecule is CC1CC(N2CC(O)CC2=O)CC(C)(C)C1. The van der Waals surface area contributed by atoms with Gasteiger partial charge >= 0.3 is 0 Å². The molecule has 1 N–H and O–H groups in total. The van der Waals surface area contributed by atoms with E-state index in [1.54, 1.807) is 0 Å². The van der Waals surface area contributed by atoms with Gasteiger partial charge in [0.15, 0.2) is 0 Å². The van der Waals surface area contributed by atoms with Crippen molar-refractivity contribution in [3.8, 4) is 0 Å². The fraction of sp³-hybridized carbons (Fsp3) is 0.923. The summed E-state index contributed by atoms with van der Waals surface area (Å²) in [4.78, 5) is 13.7. The zero-order valence-corrected chi connectivity index (χ0v) is 10.6. The Morgan fingerprint density at radius 3 is 2.56 bits per heavy atom. The van der Waals surface area contributed by atoms with Crippen LogP contribution < -0.4 is 0 Å². The number of rotatable bonds is 1. The predicted octanol–water partition coefficient (Wildman–Crippen LogP) is 1.79. The molecule has 2 aliphatic rings. The topological polar surface area (TPSA) is 40.5 Å². The second-order valence-corrected chi connectivity index (χ2v) is 6.47. The second kappa shape index (κ2) is 4.02. The quantitative estimate of drug-likeness (QED) is 0.739. The van der Waals surface area contributed by atoms with Crippen LogP contribution in [0.5, 0.6) is 0 Å². The summed E-state index contributed by atoms with van der Waals surface area (Å²) in [5.41, 5.74) is 0.330. The van der Waals surface area contributed by atoms with Crippen LogP contribution in [0.25, 0.3) is 0 Å². The maximum absolute atomic E-state index is 11.8. The molecule has 92 valence electrons. The molecule has 16 heavy (non-hydrogen) atoms. The summed E-state index contributed by atoms with van der Waals surface area (Å²) in [6.45, 7) is 7.39. The Labute approximate surface area is 97.8 Å². The first-order chi connectivity index (χ1) is 7.37. The molecule has 1 amide bonds. The van der Waals surface area contributed by atoms with Gasteiger partial charge in [-0.2, -0.15) is 0 Å². The molecule has 1 saturated carbocycles. The van der Waals surface area contributed by atoms with Crippen LogP contribution in [0.2, 0.25) is 0 Å². The lowest BCUT2D eigenvalue weighted by atomic mass is 9.70. The molecule has 0 aromatic rings. The lowest BCUT2D eigenvalue weighted by Crippen LogP contribution is -2.44. The average molecular weight is 225 g/mol. The van der Waals surface area contributed by atoms with Crippen LogP contribution in [0.1, 0.15) is 46.5 Å². The van der Waals surface area contributed by atoms with Gasteiger partial charge in [0.1, 0.15) is 0 Å². The molecule has 3 atom stereocenters. The van der Waals surface area contributed by atoms with Crippen molar-refractivity contribution in [1.82, 2.24) is 4.90 Å². The fourth-order valence-corrected chi connectivity index (χ4v) is 3.60. The molecule has 0 bridgehead atoms. The number of aliphatic hydroxyl groups is 1. The van der Waals surface area contributed by atoms with Gasteiger partial charge in [0.25, 0.3) is 0 Å². The fourth-order valence-electron chi connectivity index (χ4n) is 3.60. The summed E-state index contributed by atoms with van der Waals surface area (Å²) < 4.78 is 0. The molecule has 0 radical (unpaired) electrons. The molecule has 2 fully saturated rings. The van der Waals surface area contributed by atoms with Crippen LogP contribution in [0.15, 0.2) is 0 Å². The Hall–Kier alpha value is -0.570. The van der Waals surface area contributed by atoms with Crippen molar-refractivity contribution in [2.75, 3.05) is 6.54 Å². The van der Waals surface area contributed by atoms with Crippen molar-refractivity contribution < 1.29 is 9.90 Å². The number of β-amino-alcohol motifs (C(OH)–C–C–N with tert-alkyl or cyclic N) is 1. The smallest absolute Gasteiger partial charge is 0.225 e. The largest absolute Gasteiger partial charge is 0.391 e. The number of carbonyl (C=O) groups is 1. The molecular formula is C13H23NO2. The average Bonchev–Trinajstić information content (AvgIpc) is 2.41. The Kier molecular flexibility index (Phi) is 2.99. The predicted molar refractivity (Wildman–Crippen MR) is 62.9 cm³/mol. The van der Waals surface area contributed by atoms with E-state index >= 15 is 0 Å². The van der Waals surface area contributed by atoms with E-state index in [4.69, 9.17) is 0 Å². The van der Waals surface area contributed by atoms with E-state index in [1.165, 1.54) is 6.42 Å². The zero-order chi connectivity index (χ0) is 11.9. The van der Waals surface area contributed by atoms with Crippen molar-refractivity contribution in [1.29, 1.82) is 0 Å². The molecule has 3 unspecified atom stereocenters. The lowest BCUT2D eigenvalue weighted by molar-refractivity contribution is -0.131. The summed E-state index contributed by atoms with van der Waals surface area (Å²) in [5, 5.41) is 9.53. The molecular weight excluding hydrogens is 202 g/mol. The third kappa shape index (κ3) is 2.40. The molecule has 0 aromatic carbocycles. The summed E-state index contributed by atoms with van der Waals surface area (Å²) in [7, 11) is 0. The monoisotopic (exact) mass is 225 g/mol. The van der Waals surface area contributed by atoms with Crippen LogP contribution >= 0.6 is 0 Å². The number of carbonyl (C=O) groups excluding carboxylic acids is 1. The van der Waals surface area contributed by atoms with Gasteiger partial charge in [-0.05, 0) is 30.6 Å². The zero-order valence-electron chi connectivity index (χ0n) is 10.6.